The first-order chi connectivity index (χ1) is 12.8. The molecule has 1 fully saturated rings. The molecule has 2 aromatic rings. The SMILES string of the molecule is Cc1cccc(N2CC(CNS(=O)(=O)c3ccc(C)cc3C)OCC2=O)c1. The van der Waals surface area contributed by atoms with Crippen molar-refractivity contribution in [2.45, 2.75) is 31.8 Å². The van der Waals surface area contributed by atoms with E-state index in [0.717, 1.165) is 16.8 Å². The minimum atomic E-state index is -3.64. The van der Waals surface area contributed by atoms with Crippen molar-refractivity contribution in [1.29, 1.82) is 0 Å². The van der Waals surface area contributed by atoms with Crippen LogP contribution in [0, 0.1) is 20.8 Å². The first kappa shape index (κ1) is 19.5. The summed E-state index contributed by atoms with van der Waals surface area (Å²) in [6.07, 6.45) is -0.413. The van der Waals surface area contributed by atoms with Gasteiger partial charge in [-0.25, -0.2) is 13.1 Å². The van der Waals surface area contributed by atoms with Crippen LogP contribution in [-0.2, 0) is 19.6 Å². The molecule has 1 saturated heterocycles. The molecule has 1 heterocycles. The number of hydrogen-bond donors (Lipinski definition) is 1. The summed E-state index contributed by atoms with van der Waals surface area (Å²) in [6.45, 7) is 6.00. The van der Waals surface area contributed by atoms with Gasteiger partial charge in [0.2, 0.25) is 10.0 Å². The molecule has 6 nitrogen and oxygen atoms in total. The van der Waals surface area contributed by atoms with Crippen molar-refractivity contribution >= 4 is 21.6 Å². The molecule has 1 aliphatic heterocycles. The summed E-state index contributed by atoms with van der Waals surface area (Å²) in [4.78, 5) is 14.1. The van der Waals surface area contributed by atoms with Crippen molar-refractivity contribution < 1.29 is 17.9 Å². The molecule has 0 bridgehead atoms. The number of carbonyl (C=O) groups is 1. The van der Waals surface area contributed by atoms with Crippen LogP contribution in [0.1, 0.15) is 16.7 Å². The Balaban J connectivity index is 1.70. The van der Waals surface area contributed by atoms with Crippen molar-refractivity contribution in [1.82, 2.24) is 4.72 Å². The standard InChI is InChI=1S/C20H24N2O4S/c1-14-5-4-6-17(10-14)22-12-18(26-13-20(22)23)11-21-27(24,25)19-8-7-15(2)9-16(19)3/h4-10,18,21H,11-13H2,1-3H3. The zero-order valence-electron chi connectivity index (χ0n) is 15.7. The van der Waals surface area contributed by atoms with E-state index in [0.29, 0.717) is 12.1 Å². The second-order valence-electron chi connectivity index (χ2n) is 6.90. The van der Waals surface area contributed by atoms with Gasteiger partial charge in [-0.2, -0.15) is 0 Å². The van der Waals surface area contributed by atoms with Crippen LogP contribution in [0.15, 0.2) is 47.4 Å². The summed E-state index contributed by atoms with van der Waals surface area (Å²) in [6, 6.07) is 12.9. The van der Waals surface area contributed by atoms with Crippen LogP contribution in [0.25, 0.3) is 0 Å². The fraction of sp³-hybridized carbons (Fsp3) is 0.350. The third-order valence-corrected chi connectivity index (χ3v) is 6.15. The predicted octanol–water partition coefficient (Wildman–Crippen LogP) is 2.32. The van der Waals surface area contributed by atoms with Gasteiger partial charge >= 0.3 is 0 Å². The lowest BCUT2D eigenvalue weighted by atomic mass is 10.2. The molecule has 144 valence electrons. The lowest BCUT2D eigenvalue weighted by molar-refractivity contribution is -0.129. The summed E-state index contributed by atoms with van der Waals surface area (Å²) in [5, 5.41) is 0. The van der Waals surface area contributed by atoms with Gasteiger partial charge in [-0.1, -0.05) is 29.8 Å². The molecule has 0 radical (unpaired) electrons. The number of benzene rings is 2. The topological polar surface area (TPSA) is 75.7 Å². The molecular formula is C20H24N2O4S. The zero-order valence-corrected chi connectivity index (χ0v) is 16.5. The number of nitrogens with one attached hydrogen (secondary N) is 1. The highest BCUT2D eigenvalue weighted by atomic mass is 32.2. The Morgan fingerprint density at radius 1 is 1.11 bits per heavy atom. The molecular weight excluding hydrogens is 364 g/mol. The number of amides is 1. The lowest BCUT2D eigenvalue weighted by Crippen LogP contribution is -2.50. The average Bonchev–Trinajstić information content (AvgIpc) is 2.60. The Bertz CT molecular complexity index is 956. The fourth-order valence-electron chi connectivity index (χ4n) is 3.18. The van der Waals surface area contributed by atoms with Crippen molar-refractivity contribution in [3.63, 3.8) is 0 Å². The smallest absolute Gasteiger partial charge is 0.253 e. The number of aryl methyl sites for hydroxylation is 3. The van der Waals surface area contributed by atoms with Gasteiger partial charge in [-0.15, -0.1) is 0 Å². The molecule has 1 atom stereocenters. The van der Waals surface area contributed by atoms with Crippen LogP contribution in [0.2, 0.25) is 0 Å². The molecule has 2 aromatic carbocycles. The Labute approximate surface area is 160 Å². The van der Waals surface area contributed by atoms with Crippen molar-refractivity contribution in [3.05, 3.63) is 59.2 Å². The Hall–Kier alpha value is -2.22. The van der Waals surface area contributed by atoms with Crippen LogP contribution in [0.4, 0.5) is 5.69 Å². The van der Waals surface area contributed by atoms with Gasteiger partial charge in [0.1, 0.15) is 6.61 Å². The van der Waals surface area contributed by atoms with Crippen LogP contribution in [0.3, 0.4) is 0 Å². The van der Waals surface area contributed by atoms with Crippen LogP contribution in [0.5, 0.6) is 0 Å². The number of rotatable bonds is 5. The molecule has 0 spiro atoms. The average molecular weight is 388 g/mol. The highest BCUT2D eigenvalue weighted by molar-refractivity contribution is 7.89. The molecule has 0 saturated carbocycles. The first-order valence-corrected chi connectivity index (χ1v) is 10.3. The van der Waals surface area contributed by atoms with Gasteiger partial charge < -0.3 is 9.64 Å². The number of hydrogen-bond acceptors (Lipinski definition) is 4. The van der Waals surface area contributed by atoms with Gasteiger partial charge in [-0.05, 0) is 50.1 Å². The number of anilines is 1. The summed E-state index contributed by atoms with van der Waals surface area (Å²) >= 11 is 0. The van der Waals surface area contributed by atoms with E-state index in [-0.39, 0.29) is 24.0 Å². The van der Waals surface area contributed by atoms with Crippen molar-refractivity contribution in [2.24, 2.45) is 0 Å². The molecule has 3 rings (SSSR count). The van der Waals surface area contributed by atoms with E-state index in [4.69, 9.17) is 4.74 Å². The van der Waals surface area contributed by atoms with Gasteiger partial charge in [-0.3, -0.25) is 4.79 Å². The summed E-state index contributed by atoms with van der Waals surface area (Å²) in [5.41, 5.74) is 3.56. The van der Waals surface area contributed by atoms with E-state index in [9.17, 15) is 13.2 Å². The normalized spacial score (nSPS) is 18.0. The molecule has 0 aromatic heterocycles. The molecule has 1 N–H and O–H groups in total. The maximum atomic E-state index is 12.6. The Morgan fingerprint density at radius 2 is 1.85 bits per heavy atom. The third kappa shape index (κ3) is 4.55. The Morgan fingerprint density at radius 3 is 2.56 bits per heavy atom. The second-order valence-corrected chi connectivity index (χ2v) is 8.63. The highest BCUT2D eigenvalue weighted by Crippen LogP contribution is 2.20. The molecule has 27 heavy (non-hydrogen) atoms. The largest absolute Gasteiger partial charge is 0.365 e. The van der Waals surface area contributed by atoms with E-state index < -0.39 is 16.1 Å². The number of morpholine rings is 1. The van der Waals surface area contributed by atoms with E-state index in [1.165, 1.54) is 0 Å². The van der Waals surface area contributed by atoms with Gasteiger partial charge in [0, 0.05) is 12.2 Å². The Kier molecular flexibility index (Phi) is 5.64. The molecule has 7 heteroatoms. The maximum Gasteiger partial charge on any atom is 0.253 e. The number of ether oxygens (including phenoxy) is 1. The molecule has 1 amide bonds. The van der Waals surface area contributed by atoms with Crippen molar-refractivity contribution in [3.8, 4) is 0 Å². The van der Waals surface area contributed by atoms with E-state index in [2.05, 4.69) is 4.72 Å². The molecule has 1 aliphatic rings. The van der Waals surface area contributed by atoms with E-state index >= 15 is 0 Å². The molecule has 1 unspecified atom stereocenters. The summed E-state index contributed by atoms with van der Waals surface area (Å²) < 4.78 is 33.4. The molecule has 0 aliphatic carbocycles. The second kappa shape index (κ2) is 7.80. The predicted molar refractivity (Wildman–Crippen MR) is 104 cm³/mol. The van der Waals surface area contributed by atoms with E-state index in [1.54, 1.807) is 24.0 Å². The summed E-state index contributed by atoms with van der Waals surface area (Å²) in [7, 11) is -3.64. The monoisotopic (exact) mass is 388 g/mol. The van der Waals surface area contributed by atoms with Crippen molar-refractivity contribution in [2.75, 3.05) is 24.6 Å². The maximum absolute atomic E-state index is 12.6. The zero-order chi connectivity index (χ0) is 19.6. The number of sulfonamides is 1. The third-order valence-electron chi connectivity index (χ3n) is 4.56. The number of carbonyl (C=O) groups excluding carboxylic acids is 1. The van der Waals surface area contributed by atoms with E-state index in [1.807, 2.05) is 44.2 Å². The minimum Gasteiger partial charge on any atom is -0.365 e. The van der Waals surface area contributed by atoms with Crippen LogP contribution < -0.4 is 9.62 Å². The van der Waals surface area contributed by atoms with Crippen LogP contribution in [-0.4, -0.2) is 40.1 Å². The first-order valence-electron chi connectivity index (χ1n) is 8.82. The number of nitrogens with zero attached hydrogens (tertiary/aromatic N) is 1. The minimum absolute atomic E-state index is 0.0656. The van der Waals surface area contributed by atoms with Crippen LogP contribution >= 0.6 is 0 Å². The quantitative estimate of drug-likeness (QED) is 0.853. The summed E-state index contributed by atoms with van der Waals surface area (Å²) in [5.74, 6) is -0.130. The lowest BCUT2D eigenvalue weighted by Gasteiger charge is -2.33. The highest BCUT2D eigenvalue weighted by Gasteiger charge is 2.29. The van der Waals surface area contributed by atoms with Gasteiger partial charge in [0.15, 0.2) is 0 Å². The van der Waals surface area contributed by atoms with Gasteiger partial charge in [0.25, 0.3) is 5.91 Å². The van der Waals surface area contributed by atoms with Gasteiger partial charge in [0.05, 0.1) is 17.5 Å². The fourth-order valence-corrected chi connectivity index (χ4v) is 4.47.